The molecule has 2 heterocycles. The number of furan rings is 1. The molecule has 0 amide bonds. The molecule has 4 nitrogen and oxygen atoms in total. The third-order valence-electron chi connectivity index (χ3n) is 8.98. The fourth-order valence-corrected chi connectivity index (χ4v) is 6.48. The Bertz CT molecular complexity index is 2500. The van der Waals surface area contributed by atoms with Gasteiger partial charge in [0.1, 0.15) is 11.2 Å². The molecule has 0 N–H and O–H groups in total. The predicted molar refractivity (Wildman–Crippen MR) is 200 cm³/mol. The second kappa shape index (κ2) is 12.2. The Morgan fingerprint density at radius 3 is 1.02 bits per heavy atom. The molecule has 0 saturated heterocycles. The molecule has 0 aliphatic heterocycles. The van der Waals surface area contributed by atoms with E-state index < -0.39 is 0 Å². The maximum atomic E-state index is 6.75. The van der Waals surface area contributed by atoms with Crippen LogP contribution in [0.25, 0.3) is 89.5 Å². The average Bonchev–Trinajstić information content (AvgIpc) is 3.58. The molecule has 0 unspecified atom stereocenters. The predicted octanol–water partition coefficient (Wildman–Crippen LogP) is 11.8. The van der Waals surface area contributed by atoms with Crippen molar-refractivity contribution in [1.82, 2.24) is 15.0 Å². The Morgan fingerprint density at radius 2 is 0.592 bits per heavy atom. The minimum absolute atomic E-state index is 0.629. The Morgan fingerprint density at radius 1 is 0.265 bits per heavy atom. The van der Waals surface area contributed by atoms with Crippen LogP contribution >= 0.6 is 0 Å². The molecule has 0 atom stereocenters. The molecule has 49 heavy (non-hydrogen) atoms. The molecule has 230 valence electrons. The normalized spacial score (nSPS) is 11.3. The number of benzene rings is 7. The zero-order valence-electron chi connectivity index (χ0n) is 26.5. The first kappa shape index (κ1) is 28.6. The summed E-state index contributed by atoms with van der Waals surface area (Å²) < 4.78 is 6.75. The third kappa shape index (κ3) is 5.35. The van der Waals surface area contributed by atoms with Crippen LogP contribution in [0.3, 0.4) is 0 Å². The lowest BCUT2D eigenvalue weighted by molar-refractivity contribution is 0.671. The van der Waals surface area contributed by atoms with Crippen LogP contribution in [0.5, 0.6) is 0 Å². The zero-order chi connectivity index (χ0) is 32.6. The molecule has 0 radical (unpaired) electrons. The minimum atomic E-state index is 0.629. The fourth-order valence-electron chi connectivity index (χ4n) is 6.48. The molecular weight excluding hydrogens is 599 g/mol. The average molecular weight is 628 g/mol. The van der Waals surface area contributed by atoms with Gasteiger partial charge in [-0.05, 0) is 22.3 Å². The Hall–Kier alpha value is -6.65. The Balaban J connectivity index is 1.10. The van der Waals surface area contributed by atoms with Gasteiger partial charge in [-0.25, -0.2) is 15.0 Å². The van der Waals surface area contributed by atoms with Gasteiger partial charge in [-0.15, -0.1) is 0 Å². The number of aromatic nitrogens is 3. The molecule has 0 fully saturated rings. The van der Waals surface area contributed by atoms with Crippen molar-refractivity contribution in [2.24, 2.45) is 0 Å². The number of nitrogens with zero attached hydrogens (tertiary/aromatic N) is 3. The lowest BCUT2D eigenvalue weighted by atomic mass is 9.98. The highest BCUT2D eigenvalue weighted by molar-refractivity contribution is 6.13. The molecule has 2 aromatic heterocycles. The smallest absolute Gasteiger partial charge is 0.164 e. The molecule has 0 aliphatic carbocycles. The molecule has 0 bridgehead atoms. The first-order valence-electron chi connectivity index (χ1n) is 16.4. The van der Waals surface area contributed by atoms with Crippen molar-refractivity contribution in [3.63, 3.8) is 0 Å². The van der Waals surface area contributed by atoms with Crippen molar-refractivity contribution in [3.05, 3.63) is 176 Å². The van der Waals surface area contributed by atoms with E-state index in [1.807, 2.05) is 66.7 Å². The molecule has 0 spiro atoms. The molecule has 0 aliphatic rings. The zero-order valence-corrected chi connectivity index (χ0v) is 26.5. The van der Waals surface area contributed by atoms with Crippen molar-refractivity contribution in [1.29, 1.82) is 0 Å². The summed E-state index contributed by atoms with van der Waals surface area (Å²) in [5.41, 5.74) is 11.3. The first-order valence-corrected chi connectivity index (χ1v) is 16.4. The second-order valence-electron chi connectivity index (χ2n) is 12.0. The van der Waals surface area contributed by atoms with Crippen LogP contribution in [0.4, 0.5) is 0 Å². The number of hydrogen-bond donors (Lipinski definition) is 0. The van der Waals surface area contributed by atoms with E-state index >= 15 is 0 Å². The van der Waals surface area contributed by atoms with E-state index in [-0.39, 0.29) is 0 Å². The summed E-state index contributed by atoms with van der Waals surface area (Å²) in [6.45, 7) is 0. The highest BCUT2D eigenvalue weighted by Crippen LogP contribution is 2.40. The van der Waals surface area contributed by atoms with E-state index in [0.29, 0.717) is 17.5 Å². The van der Waals surface area contributed by atoms with E-state index in [2.05, 4.69) is 109 Å². The van der Waals surface area contributed by atoms with Gasteiger partial charge in [0.25, 0.3) is 0 Å². The van der Waals surface area contributed by atoms with Crippen LogP contribution in [0.2, 0.25) is 0 Å². The standard InChI is InChI=1S/C45H29N3O/c1-4-12-30(13-5-1)31-22-24-32(25-23-31)37-18-10-20-39-40-21-11-19-38(42(40)49-41(37)39)33-26-28-36(29-27-33)45-47-43(34-14-6-2-7-15-34)46-44(48-45)35-16-8-3-9-17-35/h1-29H. The summed E-state index contributed by atoms with van der Waals surface area (Å²) in [4.78, 5) is 14.6. The van der Waals surface area contributed by atoms with E-state index in [0.717, 1.165) is 60.9 Å². The van der Waals surface area contributed by atoms with Gasteiger partial charge in [0.05, 0.1) is 0 Å². The molecule has 0 saturated carbocycles. The molecule has 9 aromatic rings. The van der Waals surface area contributed by atoms with Gasteiger partial charge in [-0.3, -0.25) is 0 Å². The Kier molecular flexibility index (Phi) is 7.10. The highest BCUT2D eigenvalue weighted by Gasteiger charge is 2.17. The summed E-state index contributed by atoms with van der Waals surface area (Å²) >= 11 is 0. The summed E-state index contributed by atoms with van der Waals surface area (Å²) in [5, 5.41) is 2.20. The van der Waals surface area contributed by atoms with Crippen molar-refractivity contribution >= 4 is 21.9 Å². The molecule has 4 heteroatoms. The lowest BCUT2D eigenvalue weighted by Crippen LogP contribution is -2.00. The van der Waals surface area contributed by atoms with Crippen molar-refractivity contribution in [2.45, 2.75) is 0 Å². The summed E-state index contributed by atoms with van der Waals surface area (Å²) in [6.07, 6.45) is 0. The summed E-state index contributed by atoms with van der Waals surface area (Å²) in [7, 11) is 0. The number of rotatable bonds is 6. The van der Waals surface area contributed by atoms with Crippen LogP contribution in [0, 0.1) is 0 Å². The number of para-hydroxylation sites is 2. The van der Waals surface area contributed by atoms with Crippen molar-refractivity contribution in [3.8, 4) is 67.5 Å². The lowest BCUT2D eigenvalue weighted by Gasteiger charge is -2.09. The number of hydrogen-bond acceptors (Lipinski definition) is 4. The first-order chi connectivity index (χ1) is 24.3. The van der Waals surface area contributed by atoms with Crippen LogP contribution in [-0.2, 0) is 0 Å². The van der Waals surface area contributed by atoms with Crippen molar-refractivity contribution in [2.75, 3.05) is 0 Å². The van der Waals surface area contributed by atoms with E-state index in [1.165, 1.54) is 11.1 Å². The third-order valence-corrected chi connectivity index (χ3v) is 8.98. The second-order valence-corrected chi connectivity index (χ2v) is 12.0. The monoisotopic (exact) mass is 627 g/mol. The molecular formula is C45H29N3O. The van der Waals surface area contributed by atoms with Crippen molar-refractivity contribution < 1.29 is 4.42 Å². The molecule has 7 aromatic carbocycles. The van der Waals surface area contributed by atoms with Crippen LogP contribution in [0.15, 0.2) is 180 Å². The fraction of sp³-hybridized carbons (Fsp3) is 0. The SMILES string of the molecule is c1ccc(-c2ccc(-c3cccc4c3oc3c(-c5ccc(-c6nc(-c7ccccc7)nc(-c7ccccc7)n6)cc5)cccc34)cc2)cc1. The van der Waals surface area contributed by atoms with Crippen LogP contribution in [-0.4, -0.2) is 15.0 Å². The van der Waals surface area contributed by atoms with E-state index in [4.69, 9.17) is 19.4 Å². The van der Waals surface area contributed by atoms with E-state index in [1.54, 1.807) is 0 Å². The van der Waals surface area contributed by atoms with Gasteiger partial charge in [-0.1, -0.05) is 176 Å². The van der Waals surface area contributed by atoms with Gasteiger partial charge >= 0.3 is 0 Å². The van der Waals surface area contributed by atoms with Crippen LogP contribution < -0.4 is 0 Å². The topological polar surface area (TPSA) is 51.8 Å². The number of fused-ring (bicyclic) bond motifs is 3. The Labute approximate surface area is 284 Å². The summed E-state index contributed by atoms with van der Waals surface area (Å²) in [6, 6.07) is 60.4. The maximum absolute atomic E-state index is 6.75. The summed E-state index contributed by atoms with van der Waals surface area (Å²) in [5.74, 6) is 1.92. The van der Waals surface area contributed by atoms with Gasteiger partial charge in [-0.2, -0.15) is 0 Å². The minimum Gasteiger partial charge on any atom is -0.455 e. The van der Waals surface area contributed by atoms with Crippen LogP contribution in [0.1, 0.15) is 0 Å². The quantitative estimate of drug-likeness (QED) is 0.184. The highest BCUT2D eigenvalue weighted by atomic mass is 16.3. The van der Waals surface area contributed by atoms with Gasteiger partial charge in [0.2, 0.25) is 0 Å². The largest absolute Gasteiger partial charge is 0.455 e. The maximum Gasteiger partial charge on any atom is 0.164 e. The molecule has 9 rings (SSSR count). The van der Waals surface area contributed by atoms with Gasteiger partial charge in [0, 0.05) is 38.6 Å². The van der Waals surface area contributed by atoms with E-state index in [9.17, 15) is 0 Å². The van der Waals surface area contributed by atoms with Gasteiger partial charge < -0.3 is 4.42 Å². The van der Waals surface area contributed by atoms with Gasteiger partial charge in [0.15, 0.2) is 17.5 Å².